The van der Waals surface area contributed by atoms with Crippen molar-refractivity contribution in [1.82, 2.24) is 4.57 Å². The third kappa shape index (κ3) is 3.55. The van der Waals surface area contributed by atoms with Gasteiger partial charge >= 0.3 is 0 Å². The average Bonchev–Trinajstić information content (AvgIpc) is 3.27. The van der Waals surface area contributed by atoms with Crippen molar-refractivity contribution in [3.8, 4) is 22.9 Å². The molecular weight excluding hydrogens is 420 g/mol. The molecule has 0 spiro atoms. The molecule has 4 N–H and O–H groups in total. The minimum absolute atomic E-state index is 0.179. The fourth-order valence-corrected chi connectivity index (χ4v) is 4.87. The lowest BCUT2D eigenvalue weighted by atomic mass is 9.93. The fourth-order valence-electron chi connectivity index (χ4n) is 4.51. The number of aliphatic hydroxyl groups is 4. The van der Waals surface area contributed by atoms with E-state index in [0.29, 0.717) is 12.2 Å². The van der Waals surface area contributed by atoms with Gasteiger partial charge in [-0.2, -0.15) is 5.26 Å². The highest BCUT2D eigenvalue weighted by Gasteiger charge is 2.45. The average molecular weight is 445 g/mol. The summed E-state index contributed by atoms with van der Waals surface area (Å²) >= 11 is 5.66. The van der Waals surface area contributed by atoms with Crippen LogP contribution in [-0.2, 0) is 17.6 Å². The number of aliphatic hydroxyl groups excluding tert-OH is 4. The number of nitrogens with zero attached hydrogens (tertiary/aromatic N) is 2. The molecule has 9 heteroatoms. The van der Waals surface area contributed by atoms with Crippen LogP contribution in [0.2, 0.25) is 0 Å². The maximum Gasteiger partial charge on any atom is 0.164 e. The van der Waals surface area contributed by atoms with Crippen molar-refractivity contribution in [2.45, 2.75) is 49.9 Å². The summed E-state index contributed by atoms with van der Waals surface area (Å²) < 4.78 is 12.7. The van der Waals surface area contributed by atoms with Crippen molar-refractivity contribution in [1.29, 1.82) is 5.26 Å². The van der Waals surface area contributed by atoms with Crippen LogP contribution in [0.4, 0.5) is 0 Å². The van der Waals surface area contributed by atoms with Crippen molar-refractivity contribution in [2.75, 3.05) is 13.7 Å². The first-order chi connectivity index (χ1) is 14.9. The van der Waals surface area contributed by atoms with Crippen LogP contribution in [0.1, 0.15) is 29.5 Å². The molecule has 8 nitrogen and oxygen atoms in total. The molecule has 0 bridgehead atoms. The summed E-state index contributed by atoms with van der Waals surface area (Å²) in [5.41, 5.74) is 3.62. The Hall–Kier alpha value is -2.32. The van der Waals surface area contributed by atoms with Gasteiger partial charge < -0.3 is 34.5 Å². The monoisotopic (exact) mass is 444 g/mol. The number of aromatic nitrogens is 1. The molecule has 1 aliphatic heterocycles. The molecule has 2 heterocycles. The molecule has 4 rings (SSSR count). The van der Waals surface area contributed by atoms with Crippen LogP contribution in [0.15, 0.2) is 24.3 Å². The lowest BCUT2D eigenvalue weighted by Crippen LogP contribution is -2.56. The first-order valence-corrected chi connectivity index (χ1v) is 10.5. The summed E-state index contributed by atoms with van der Waals surface area (Å²) in [5, 5.41) is 50.6. The van der Waals surface area contributed by atoms with Gasteiger partial charge in [0.2, 0.25) is 0 Å². The van der Waals surface area contributed by atoms with Crippen molar-refractivity contribution >= 4 is 12.2 Å². The summed E-state index contributed by atoms with van der Waals surface area (Å²) in [5.74, 6) is 0.699. The number of methoxy groups -OCH3 is 1. The van der Waals surface area contributed by atoms with Gasteiger partial charge in [-0.15, -0.1) is 0 Å². The molecule has 1 saturated heterocycles. The molecule has 5 atom stereocenters. The van der Waals surface area contributed by atoms with Crippen LogP contribution < -0.4 is 4.74 Å². The molecule has 1 aromatic heterocycles. The lowest BCUT2D eigenvalue weighted by molar-refractivity contribution is -0.252. The lowest BCUT2D eigenvalue weighted by Gasteiger charge is -2.41. The van der Waals surface area contributed by atoms with Crippen LogP contribution in [0.5, 0.6) is 5.75 Å². The molecule has 1 aliphatic carbocycles. The summed E-state index contributed by atoms with van der Waals surface area (Å²) in [6.07, 6.45) is -4.45. The fraction of sp³-hybridized carbons (Fsp3) is 0.455. The van der Waals surface area contributed by atoms with Gasteiger partial charge in [-0.1, -0.05) is 24.4 Å². The van der Waals surface area contributed by atoms with Crippen LogP contribution in [0, 0.1) is 16.0 Å². The van der Waals surface area contributed by atoms with Crippen molar-refractivity contribution < 1.29 is 29.9 Å². The highest BCUT2D eigenvalue weighted by Crippen LogP contribution is 2.40. The van der Waals surface area contributed by atoms with Gasteiger partial charge in [-0.05, 0) is 42.5 Å². The Kier molecular flexibility index (Phi) is 6.12. The van der Waals surface area contributed by atoms with E-state index in [2.05, 4.69) is 6.07 Å². The van der Waals surface area contributed by atoms with E-state index in [9.17, 15) is 25.7 Å². The molecule has 0 saturated carbocycles. The number of benzene rings is 1. The van der Waals surface area contributed by atoms with Crippen LogP contribution in [0.25, 0.3) is 11.1 Å². The maximum atomic E-state index is 10.7. The minimum Gasteiger partial charge on any atom is -0.497 e. The topological polar surface area (TPSA) is 128 Å². The second kappa shape index (κ2) is 8.67. The van der Waals surface area contributed by atoms with Gasteiger partial charge in [0.05, 0.1) is 19.3 Å². The predicted octanol–water partition coefficient (Wildman–Crippen LogP) is 1.23. The van der Waals surface area contributed by atoms with E-state index in [4.69, 9.17) is 21.7 Å². The molecule has 0 amide bonds. The quantitative estimate of drug-likeness (QED) is 0.519. The molecule has 2 aliphatic rings. The Bertz CT molecular complexity index is 1080. The smallest absolute Gasteiger partial charge is 0.164 e. The molecular formula is C22H24N2O6S. The van der Waals surface area contributed by atoms with Crippen LogP contribution in [0.3, 0.4) is 0 Å². The zero-order chi connectivity index (χ0) is 22.3. The number of hydrogen-bond acceptors (Lipinski definition) is 8. The van der Waals surface area contributed by atoms with E-state index in [0.717, 1.165) is 35.2 Å². The van der Waals surface area contributed by atoms with Crippen LogP contribution in [-0.4, -0.2) is 63.1 Å². The van der Waals surface area contributed by atoms with E-state index in [1.165, 1.54) is 0 Å². The highest BCUT2D eigenvalue weighted by atomic mass is 32.1. The van der Waals surface area contributed by atoms with Gasteiger partial charge in [-0.25, -0.2) is 0 Å². The van der Waals surface area contributed by atoms with E-state index >= 15 is 0 Å². The molecule has 0 unspecified atom stereocenters. The van der Waals surface area contributed by atoms with Gasteiger partial charge in [0.25, 0.3) is 0 Å². The predicted molar refractivity (Wildman–Crippen MR) is 113 cm³/mol. The summed E-state index contributed by atoms with van der Waals surface area (Å²) in [4.78, 5) is 0. The molecule has 2 aromatic rings. The van der Waals surface area contributed by atoms with Crippen molar-refractivity contribution in [2.24, 2.45) is 0 Å². The maximum absolute atomic E-state index is 10.7. The second-order valence-electron chi connectivity index (χ2n) is 7.76. The first kappa shape index (κ1) is 21.9. The van der Waals surface area contributed by atoms with E-state index in [1.807, 2.05) is 24.3 Å². The normalized spacial score (nSPS) is 27.5. The minimum atomic E-state index is -1.53. The number of rotatable bonds is 4. The van der Waals surface area contributed by atoms with Crippen LogP contribution >= 0.6 is 12.2 Å². The summed E-state index contributed by atoms with van der Waals surface area (Å²) in [7, 11) is 1.58. The first-order valence-electron chi connectivity index (χ1n) is 10.1. The largest absolute Gasteiger partial charge is 0.497 e. The van der Waals surface area contributed by atoms with Gasteiger partial charge in [0, 0.05) is 11.3 Å². The Morgan fingerprint density at radius 3 is 2.48 bits per heavy atom. The molecule has 164 valence electrons. The molecule has 1 fully saturated rings. The SMILES string of the molecule is COc1ccc(-c2c3c(n([C@H]4O[C@@H](CO)[C@@H](O)[C@@H](O)[C@@H]4O)c(=S)c2C#N)CCC3)cc1. The number of fused-ring (bicyclic) bond motifs is 1. The van der Waals surface area contributed by atoms with Crippen molar-refractivity contribution in [3.63, 3.8) is 0 Å². The molecule has 31 heavy (non-hydrogen) atoms. The zero-order valence-corrected chi connectivity index (χ0v) is 17.7. The van der Waals surface area contributed by atoms with Gasteiger partial charge in [0.1, 0.15) is 40.9 Å². The third-order valence-corrected chi connectivity index (χ3v) is 6.48. The van der Waals surface area contributed by atoms with E-state index in [1.54, 1.807) is 11.7 Å². The third-order valence-electron chi connectivity index (χ3n) is 6.08. The number of pyridine rings is 1. The van der Waals surface area contributed by atoms with Gasteiger partial charge in [0.15, 0.2) is 6.23 Å². The van der Waals surface area contributed by atoms with E-state index in [-0.39, 0.29) is 10.2 Å². The Morgan fingerprint density at radius 2 is 1.87 bits per heavy atom. The summed E-state index contributed by atoms with van der Waals surface area (Å²) in [6.45, 7) is -0.536. The number of ether oxygens (including phenoxy) is 2. The Labute approximate surface area is 184 Å². The standard InChI is InChI=1S/C22H24N2O6S/c1-29-12-7-5-11(6-8-12)17-13-3-2-4-15(13)24(22(31)14(17)9-23)21-20(28)19(27)18(26)16(10-25)30-21/h5-8,16,18-21,25-28H,2-4,10H2,1H3/t16-,18+,19+,20-,21-/m0/s1. The Morgan fingerprint density at radius 1 is 1.16 bits per heavy atom. The van der Waals surface area contributed by atoms with Gasteiger partial charge in [-0.3, -0.25) is 0 Å². The zero-order valence-electron chi connectivity index (χ0n) is 16.9. The second-order valence-corrected chi connectivity index (χ2v) is 8.15. The highest BCUT2D eigenvalue weighted by molar-refractivity contribution is 7.71. The summed E-state index contributed by atoms with van der Waals surface area (Å²) in [6, 6.07) is 9.59. The Balaban J connectivity index is 1.91. The van der Waals surface area contributed by atoms with Crippen molar-refractivity contribution in [3.05, 3.63) is 45.7 Å². The van der Waals surface area contributed by atoms with E-state index < -0.39 is 37.3 Å². The number of nitriles is 1. The molecule has 1 aromatic carbocycles. The molecule has 0 radical (unpaired) electrons. The number of hydrogen-bond donors (Lipinski definition) is 4.